The Bertz CT molecular complexity index is 2840. The SMILES string of the molecule is c1ccc(-c2nc3ccccc3n2-c2ccc(-c3cc4c5ccccc5c5ccccc5c4c4ccccc34)c3ccccc23)cc1. The summed E-state index contributed by atoms with van der Waals surface area (Å²) in [5, 5.41) is 12.7. The van der Waals surface area contributed by atoms with Crippen molar-refractivity contribution in [3.05, 3.63) is 170 Å². The van der Waals surface area contributed by atoms with Gasteiger partial charge in [0.05, 0.1) is 16.7 Å². The van der Waals surface area contributed by atoms with Crippen LogP contribution in [0.4, 0.5) is 0 Å². The Hall–Kier alpha value is -6.25. The van der Waals surface area contributed by atoms with Crippen LogP contribution in [0.15, 0.2) is 170 Å². The molecule has 10 rings (SSSR count). The number of nitrogens with zero attached hydrogens (tertiary/aromatic N) is 2. The minimum atomic E-state index is 0.944. The Morgan fingerprint density at radius 1 is 0.362 bits per heavy atom. The van der Waals surface area contributed by atoms with Gasteiger partial charge in [-0.25, -0.2) is 4.98 Å². The smallest absolute Gasteiger partial charge is 0.145 e. The summed E-state index contributed by atoms with van der Waals surface area (Å²) >= 11 is 0. The number of hydrogen-bond donors (Lipinski definition) is 0. The van der Waals surface area contributed by atoms with E-state index in [1.807, 2.05) is 0 Å². The van der Waals surface area contributed by atoms with Crippen molar-refractivity contribution in [3.8, 4) is 28.2 Å². The number of hydrogen-bond acceptors (Lipinski definition) is 1. The number of fused-ring (bicyclic) bond motifs is 10. The summed E-state index contributed by atoms with van der Waals surface area (Å²) in [5.74, 6) is 0.944. The number of benzene rings is 9. The standard InChI is InChI=1S/C45H28N2/c1-2-14-29(15-3-1)45-46-41-24-12-13-25-43(41)47(45)42-27-26-35(31-17-6-9-21-36(31)42)39-28-40-33-19-5-4-16-30(33)32-18-7-10-22-37(32)44(40)38-23-11-8-20-34(38)39/h1-28H. The summed E-state index contributed by atoms with van der Waals surface area (Å²) in [5.41, 5.74) is 6.77. The molecule has 0 saturated carbocycles. The molecule has 0 unspecified atom stereocenters. The molecule has 1 aromatic heterocycles. The molecule has 0 spiro atoms. The average Bonchev–Trinajstić information content (AvgIpc) is 3.54. The van der Waals surface area contributed by atoms with Crippen LogP contribution in [0.2, 0.25) is 0 Å². The summed E-state index contributed by atoms with van der Waals surface area (Å²) in [6, 6.07) is 61.4. The van der Waals surface area contributed by atoms with Crippen LogP contribution in [-0.4, -0.2) is 9.55 Å². The molecular formula is C45H28N2. The molecule has 47 heavy (non-hydrogen) atoms. The molecule has 2 nitrogen and oxygen atoms in total. The molecule has 0 aliphatic heterocycles. The molecule has 0 N–H and O–H groups in total. The molecule has 0 fully saturated rings. The van der Waals surface area contributed by atoms with Crippen molar-refractivity contribution in [2.45, 2.75) is 0 Å². The fraction of sp³-hybridized carbons (Fsp3) is 0. The van der Waals surface area contributed by atoms with Gasteiger partial charge in [0.25, 0.3) is 0 Å². The topological polar surface area (TPSA) is 17.8 Å². The first-order chi connectivity index (χ1) is 23.3. The van der Waals surface area contributed by atoms with Gasteiger partial charge in [-0.2, -0.15) is 0 Å². The van der Waals surface area contributed by atoms with Gasteiger partial charge in [-0.1, -0.05) is 146 Å². The molecule has 2 heteroatoms. The zero-order valence-electron chi connectivity index (χ0n) is 25.6. The van der Waals surface area contributed by atoms with Crippen LogP contribution in [0.3, 0.4) is 0 Å². The summed E-state index contributed by atoms with van der Waals surface area (Å²) < 4.78 is 2.33. The van der Waals surface area contributed by atoms with Crippen molar-refractivity contribution in [2.75, 3.05) is 0 Å². The van der Waals surface area contributed by atoms with Gasteiger partial charge in [-0.3, -0.25) is 4.57 Å². The molecule has 0 aliphatic rings. The van der Waals surface area contributed by atoms with Gasteiger partial charge in [0.15, 0.2) is 0 Å². The first kappa shape index (κ1) is 26.0. The maximum Gasteiger partial charge on any atom is 0.145 e. The third-order valence-electron chi connectivity index (χ3n) is 9.77. The number of para-hydroxylation sites is 2. The Labute approximate surface area is 271 Å². The maximum atomic E-state index is 5.14. The van der Waals surface area contributed by atoms with Gasteiger partial charge in [-0.05, 0) is 83.9 Å². The lowest BCUT2D eigenvalue weighted by molar-refractivity contribution is 1.11. The summed E-state index contributed by atoms with van der Waals surface area (Å²) in [4.78, 5) is 5.14. The lowest BCUT2D eigenvalue weighted by Gasteiger charge is -2.19. The van der Waals surface area contributed by atoms with Crippen molar-refractivity contribution >= 4 is 64.9 Å². The van der Waals surface area contributed by atoms with E-state index in [9.17, 15) is 0 Å². The van der Waals surface area contributed by atoms with E-state index in [0.29, 0.717) is 0 Å². The normalized spacial score (nSPS) is 11.8. The van der Waals surface area contributed by atoms with E-state index in [4.69, 9.17) is 4.98 Å². The first-order valence-corrected chi connectivity index (χ1v) is 16.2. The average molecular weight is 597 g/mol. The third kappa shape index (κ3) is 3.82. The van der Waals surface area contributed by atoms with Crippen LogP contribution in [0.1, 0.15) is 0 Å². The second kappa shape index (κ2) is 10.1. The number of aromatic nitrogens is 2. The predicted molar refractivity (Wildman–Crippen MR) is 199 cm³/mol. The predicted octanol–water partition coefficient (Wildman–Crippen LogP) is 12.1. The highest BCUT2D eigenvalue weighted by molar-refractivity contribution is 6.33. The van der Waals surface area contributed by atoms with E-state index in [2.05, 4.69) is 174 Å². The molecule has 0 bridgehead atoms. The zero-order valence-corrected chi connectivity index (χ0v) is 25.6. The van der Waals surface area contributed by atoms with Crippen molar-refractivity contribution < 1.29 is 0 Å². The van der Waals surface area contributed by atoms with Crippen LogP contribution < -0.4 is 0 Å². The largest absolute Gasteiger partial charge is 0.292 e. The molecule has 0 aliphatic carbocycles. The highest BCUT2D eigenvalue weighted by Crippen LogP contribution is 2.45. The van der Waals surface area contributed by atoms with E-state index in [1.165, 1.54) is 65.0 Å². The highest BCUT2D eigenvalue weighted by Gasteiger charge is 2.20. The van der Waals surface area contributed by atoms with Crippen molar-refractivity contribution in [3.63, 3.8) is 0 Å². The van der Waals surface area contributed by atoms with Crippen molar-refractivity contribution in [1.82, 2.24) is 9.55 Å². The lowest BCUT2D eigenvalue weighted by Crippen LogP contribution is -1.99. The van der Waals surface area contributed by atoms with Crippen LogP contribution in [0, 0.1) is 0 Å². The minimum absolute atomic E-state index is 0.944. The quantitative estimate of drug-likeness (QED) is 0.186. The van der Waals surface area contributed by atoms with E-state index < -0.39 is 0 Å². The van der Waals surface area contributed by atoms with Crippen LogP contribution in [0.5, 0.6) is 0 Å². The molecule has 218 valence electrons. The van der Waals surface area contributed by atoms with Gasteiger partial charge in [0, 0.05) is 10.9 Å². The molecule has 0 amide bonds. The number of rotatable bonds is 3. The van der Waals surface area contributed by atoms with Crippen LogP contribution in [0.25, 0.3) is 93.1 Å². The molecule has 10 aromatic rings. The van der Waals surface area contributed by atoms with Crippen molar-refractivity contribution in [1.29, 1.82) is 0 Å². The molecule has 0 saturated heterocycles. The Kier molecular flexibility index (Phi) is 5.61. The summed E-state index contributed by atoms with van der Waals surface area (Å²) in [6.45, 7) is 0. The second-order valence-corrected chi connectivity index (χ2v) is 12.3. The van der Waals surface area contributed by atoms with Gasteiger partial charge in [0.1, 0.15) is 5.82 Å². The van der Waals surface area contributed by atoms with Crippen LogP contribution >= 0.6 is 0 Å². The van der Waals surface area contributed by atoms with Gasteiger partial charge < -0.3 is 0 Å². The van der Waals surface area contributed by atoms with E-state index in [1.54, 1.807) is 0 Å². The molecular weight excluding hydrogens is 569 g/mol. The Morgan fingerprint density at radius 2 is 0.872 bits per heavy atom. The summed E-state index contributed by atoms with van der Waals surface area (Å²) in [6.07, 6.45) is 0. The first-order valence-electron chi connectivity index (χ1n) is 16.2. The zero-order chi connectivity index (χ0) is 30.9. The van der Waals surface area contributed by atoms with Crippen molar-refractivity contribution in [2.24, 2.45) is 0 Å². The van der Waals surface area contributed by atoms with Gasteiger partial charge in [-0.15, -0.1) is 0 Å². The number of imidazole rings is 1. The van der Waals surface area contributed by atoms with Crippen LogP contribution in [-0.2, 0) is 0 Å². The molecule has 0 radical (unpaired) electrons. The lowest BCUT2D eigenvalue weighted by atomic mass is 9.86. The molecule has 9 aromatic carbocycles. The van der Waals surface area contributed by atoms with Gasteiger partial charge >= 0.3 is 0 Å². The Morgan fingerprint density at radius 3 is 1.60 bits per heavy atom. The Balaban J connectivity index is 1.32. The van der Waals surface area contributed by atoms with E-state index >= 15 is 0 Å². The van der Waals surface area contributed by atoms with E-state index in [0.717, 1.165) is 28.1 Å². The third-order valence-corrected chi connectivity index (χ3v) is 9.77. The summed E-state index contributed by atoms with van der Waals surface area (Å²) in [7, 11) is 0. The fourth-order valence-electron chi connectivity index (χ4n) is 7.75. The molecule has 0 atom stereocenters. The van der Waals surface area contributed by atoms with Gasteiger partial charge in [0.2, 0.25) is 0 Å². The minimum Gasteiger partial charge on any atom is -0.292 e. The van der Waals surface area contributed by atoms with E-state index in [-0.39, 0.29) is 0 Å². The highest BCUT2D eigenvalue weighted by atomic mass is 15.1. The maximum absolute atomic E-state index is 5.14. The monoisotopic (exact) mass is 596 g/mol. The molecule has 1 heterocycles. The second-order valence-electron chi connectivity index (χ2n) is 12.3. The fourth-order valence-corrected chi connectivity index (χ4v) is 7.75.